The molecule has 1 aliphatic rings. The van der Waals surface area contributed by atoms with Gasteiger partial charge in [0.1, 0.15) is 5.56 Å². The van der Waals surface area contributed by atoms with Gasteiger partial charge in [-0.15, -0.1) is 0 Å². The number of amides is 1. The Morgan fingerprint density at radius 2 is 2.42 bits per heavy atom. The Hall–Kier alpha value is -2.09. The Morgan fingerprint density at radius 3 is 3.16 bits per heavy atom. The summed E-state index contributed by atoms with van der Waals surface area (Å²) in [7, 11) is 0. The first-order valence-corrected chi connectivity index (χ1v) is 6.70. The molecule has 0 aliphatic carbocycles. The fraction of sp³-hybridized carbons (Fsp3) is 0.273. The first kappa shape index (κ1) is 12.0. The molecule has 0 spiro atoms. The van der Waals surface area contributed by atoms with E-state index in [1.165, 1.54) is 22.5 Å². The number of carbonyl (C=O) groups excluding carboxylic acids is 1. The number of rotatable bonds is 2. The summed E-state index contributed by atoms with van der Waals surface area (Å²) in [6.45, 7) is 2.42. The Labute approximate surface area is 112 Å². The average Bonchev–Trinajstić information content (AvgIpc) is 2.99. The number of fused-ring (bicyclic) bond motifs is 1. The molecule has 2 aromatic heterocycles. The number of aromatic nitrogens is 4. The standard InChI is InChI=1S/C11H11N5O2S/c1-6-4-8(15-14-6)13-9(17)7-5-12-11-16(10(7)18)2-3-19-11/h4-5H,2-3H2,1H3,(H2,13,14,15,17). The van der Waals surface area contributed by atoms with E-state index in [2.05, 4.69) is 20.5 Å². The van der Waals surface area contributed by atoms with Gasteiger partial charge in [0.25, 0.3) is 11.5 Å². The van der Waals surface area contributed by atoms with Crippen molar-refractivity contribution in [3.8, 4) is 0 Å². The van der Waals surface area contributed by atoms with Crippen molar-refractivity contribution < 1.29 is 4.79 Å². The number of hydrogen-bond donors (Lipinski definition) is 2. The first-order chi connectivity index (χ1) is 9.15. The van der Waals surface area contributed by atoms with Crippen molar-refractivity contribution in [1.82, 2.24) is 19.7 Å². The molecule has 2 N–H and O–H groups in total. The summed E-state index contributed by atoms with van der Waals surface area (Å²) in [4.78, 5) is 28.3. The number of H-pyrrole nitrogens is 1. The van der Waals surface area contributed by atoms with Gasteiger partial charge < -0.3 is 5.32 Å². The molecular formula is C11H11N5O2S. The summed E-state index contributed by atoms with van der Waals surface area (Å²) >= 11 is 1.51. The number of nitrogens with one attached hydrogen (secondary N) is 2. The lowest BCUT2D eigenvalue weighted by Gasteiger charge is -2.04. The van der Waals surface area contributed by atoms with Crippen LogP contribution in [0.2, 0.25) is 0 Å². The zero-order valence-corrected chi connectivity index (χ0v) is 11.0. The SMILES string of the molecule is Cc1cc(NC(=O)c2cnc3n(c2=O)CCS3)n[nH]1. The number of thioether (sulfide) groups is 1. The number of aromatic amines is 1. The molecule has 7 nitrogen and oxygen atoms in total. The van der Waals surface area contributed by atoms with Crippen LogP contribution in [-0.2, 0) is 6.54 Å². The van der Waals surface area contributed by atoms with Crippen LogP contribution in [0.4, 0.5) is 5.82 Å². The van der Waals surface area contributed by atoms with E-state index in [1.54, 1.807) is 6.07 Å². The summed E-state index contributed by atoms with van der Waals surface area (Å²) in [5.41, 5.74) is 0.558. The Bertz CT molecular complexity index is 705. The van der Waals surface area contributed by atoms with Crippen LogP contribution in [-0.4, -0.2) is 31.4 Å². The Balaban J connectivity index is 1.90. The molecule has 0 saturated heterocycles. The average molecular weight is 277 g/mol. The van der Waals surface area contributed by atoms with Crippen LogP contribution in [0, 0.1) is 6.92 Å². The van der Waals surface area contributed by atoms with E-state index in [4.69, 9.17) is 0 Å². The summed E-state index contributed by atoms with van der Waals surface area (Å²) < 4.78 is 1.52. The minimum Gasteiger partial charge on any atom is -0.305 e. The molecule has 2 aromatic rings. The maximum atomic E-state index is 12.1. The van der Waals surface area contributed by atoms with Gasteiger partial charge in [0.05, 0.1) is 0 Å². The highest BCUT2D eigenvalue weighted by molar-refractivity contribution is 7.99. The third-order valence-electron chi connectivity index (χ3n) is 2.75. The molecular weight excluding hydrogens is 266 g/mol. The van der Waals surface area contributed by atoms with Crippen molar-refractivity contribution in [3.05, 3.63) is 33.9 Å². The molecule has 1 aliphatic heterocycles. The zero-order valence-electron chi connectivity index (χ0n) is 10.1. The molecule has 0 radical (unpaired) electrons. The van der Waals surface area contributed by atoms with Crippen molar-refractivity contribution in [2.75, 3.05) is 11.1 Å². The maximum Gasteiger partial charge on any atom is 0.267 e. The van der Waals surface area contributed by atoms with Crippen LogP contribution in [0.5, 0.6) is 0 Å². The molecule has 0 saturated carbocycles. The van der Waals surface area contributed by atoms with Gasteiger partial charge in [0.15, 0.2) is 11.0 Å². The lowest BCUT2D eigenvalue weighted by Crippen LogP contribution is -2.29. The molecule has 19 heavy (non-hydrogen) atoms. The van der Waals surface area contributed by atoms with Crippen LogP contribution < -0.4 is 10.9 Å². The highest BCUT2D eigenvalue weighted by atomic mass is 32.2. The minimum absolute atomic E-state index is 0.0342. The van der Waals surface area contributed by atoms with Gasteiger partial charge in [-0.3, -0.25) is 19.3 Å². The molecule has 0 fully saturated rings. The van der Waals surface area contributed by atoms with E-state index in [-0.39, 0.29) is 11.1 Å². The topological polar surface area (TPSA) is 92.7 Å². The fourth-order valence-corrected chi connectivity index (χ4v) is 2.75. The van der Waals surface area contributed by atoms with Gasteiger partial charge in [-0.05, 0) is 6.92 Å². The lowest BCUT2D eigenvalue weighted by atomic mass is 10.3. The van der Waals surface area contributed by atoms with Crippen LogP contribution in [0.3, 0.4) is 0 Å². The van der Waals surface area contributed by atoms with Gasteiger partial charge in [-0.25, -0.2) is 4.98 Å². The highest BCUT2D eigenvalue weighted by Gasteiger charge is 2.20. The van der Waals surface area contributed by atoms with Gasteiger partial charge in [-0.2, -0.15) is 5.10 Å². The second kappa shape index (κ2) is 4.54. The fourth-order valence-electron chi connectivity index (χ4n) is 1.84. The molecule has 8 heteroatoms. The predicted octanol–water partition coefficient (Wildman–Crippen LogP) is 0.633. The van der Waals surface area contributed by atoms with Crippen LogP contribution in [0.15, 0.2) is 22.2 Å². The van der Waals surface area contributed by atoms with E-state index in [9.17, 15) is 9.59 Å². The summed E-state index contributed by atoms with van der Waals surface area (Å²) in [6.07, 6.45) is 1.32. The van der Waals surface area contributed by atoms with Crippen molar-refractivity contribution in [2.24, 2.45) is 0 Å². The second-order valence-corrected chi connectivity index (χ2v) is 5.21. The third kappa shape index (κ3) is 2.14. The minimum atomic E-state index is -0.490. The zero-order chi connectivity index (χ0) is 13.4. The summed E-state index contributed by atoms with van der Waals surface area (Å²) in [6, 6.07) is 1.69. The smallest absolute Gasteiger partial charge is 0.267 e. The highest BCUT2D eigenvalue weighted by Crippen LogP contribution is 2.20. The van der Waals surface area contributed by atoms with Gasteiger partial charge in [-0.1, -0.05) is 11.8 Å². The molecule has 0 aromatic carbocycles. The largest absolute Gasteiger partial charge is 0.305 e. The van der Waals surface area contributed by atoms with Gasteiger partial charge in [0.2, 0.25) is 0 Å². The molecule has 98 valence electrons. The Morgan fingerprint density at radius 1 is 1.58 bits per heavy atom. The van der Waals surface area contributed by atoms with Crippen molar-refractivity contribution in [2.45, 2.75) is 18.6 Å². The van der Waals surface area contributed by atoms with Crippen LogP contribution >= 0.6 is 11.8 Å². The molecule has 0 unspecified atom stereocenters. The lowest BCUT2D eigenvalue weighted by molar-refractivity contribution is 0.102. The quantitative estimate of drug-likeness (QED) is 0.785. The first-order valence-electron chi connectivity index (χ1n) is 5.71. The maximum absolute atomic E-state index is 12.1. The van der Waals surface area contributed by atoms with E-state index >= 15 is 0 Å². The molecule has 1 amide bonds. The molecule has 3 rings (SSSR count). The monoisotopic (exact) mass is 277 g/mol. The summed E-state index contributed by atoms with van der Waals surface area (Å²) in [5.74, 6) is 0.712. The summed E-state index contributed by atoms with van der Waals surface area (Å²) in [5, 5.41) is 9.84. The molecule has 3 heterocycles. The van der Waals surface area contributed by atoms with E-state index in [0.717, 1.165) is 11.4 Å². The molecule has 0 atom stereocenters. The van der Waals surface area contributed by atoms with E-state index < -0.39 is 5.91 Å². The van der Waals surface area contributed by atoms with Crippen LogP contribution in [0.1, 0.15) is 16.1 Å². The van der Waals surface area contributed by atoms with E-state index in [0.29, 0.717) is 17.5 Å². The van der Waals surface area contributed by atoms with Crippen molar-refractivity contribution in [3.63, 3.8) is 0 Å². The second-order valence-electron chi connectivity index (χ2n) is 4.15. The predicted molar refractivity (Wildman–Crippen MR) is 70.5 cm³/mol. The number of nitrogens with zero attached hydrogens (tertiary/aromatic N) is 3. The van der Waals surface area contributed by atoms with Crippen molar-refractivity contribution >= 4 is 23.5 Å². The number of carbonyl (C=O) groups is 1. The number of aryl methyl sites for hydroxylation is 1. The normalized spacial score (nSPS) is 13.3. The number of hydrogen-bond acceptors (Lipinski definition) is 5. The van der Waals surface area contributed by atoms with Crippen LogP contribution in [0.25, 0.3) is 0 Å². The van der Waals surface area contributed by atoms with Gasteiger partial charge in [0, 0.05) is 30.3 Å². The van der Waals surface area contributed by atoms with Gasteiger partial charge >= 0.3 is 0 Å². The number of anilines is 1. The molecule has 0 bridgehead atoms. The Kier molecular flexibility index (Phi) is 2.86. The van der Waals surface area contributed by atoms with E-state index in [1.807, 2.05) is 6.92 Å². The third-order valence-corrected chi connectivity index (χ3v) is 3.72. The van der Waals surface area contributed by atoms with Crippen molar-refractivity contribution in [1.29, 1.82) is 0 Å².